The van der Waals surface area contributed by atoms with Gasteiger partial charge < -0.3 is 9.88 Å². The van der Waals surface area contributed by atoms with Gasteiger partial charge in [0.2, 0.25) is 5.91 Å². The van der Waals surface area contributed by atoms with Crippen molar-refractivity contribution in [2.45, 2.75) is 26.8 Å². The van der Waals surface area contributed by atoms with Crippen LogP contribution in [0.15, 0.2) is 54.6 Å². The van der Waals surface area contributed by atoms with E-state index in [0.29, 0.717) is 12.1 Å². The third-order valence-electron chi connectivity index (χ3n) is 4.46. The number of para-hydroxylation sites is 1. The van der Waals surface area contributed by atoms with Crippen LogP contribution in [0.5, 0.6) is 0 Å². The normalized spacial score (nSPS) is 10.8. The predicted octanol–water partition coefficient (Wildman–Crippen LogP) is 3.51. The molecule has 0 spiro atoms. The van der Waals surface area contributed by atoms with Crippen LogP contribution in [0.25, 0.3) is 10.9 Å². The Labute approximate surface area is 147 Å². The summed E-state index contributed by atoms with van der Waals surface area (Å²) in [6.07, 6.45) is 0.802. The maximum atomic E-state index is 12.4. The number of Topliss-reactive ketones (excluding diaryl/α,β-unsaturated/α-hetero) is 1. The van der Waals surface area contributed by atoms with E-state index in [1.807, 2.05) is 54.0 Å². The zero-order valence-corrected chi connectivity index (χ0v) is 14.6. The molecule has 3 rings (SSSR count). The van der Waals surface area contributed by atoms with Crippen LogP contribution in [-0.2, 0) is 17.8 Å². The Morgan fingerprint density at radius 2 is 1.68 bits per heavy atom. The van der Waals surface area contributed by atoms with Gasteiger partial charge in [-0.25, -0.2) is 0 Å². The molecule has 2 aromatic carbocycles. The molecule has 0 atom stereocenters. The summed E-state index contributed by atoms with van der Waals surface area (Å²) in [5, 5.41) is 3.87. The van der Waals surface area contributed by atoms with Crippen molar-refractivity contribution in [1.82, 2.24) is 9.88 Å². The van der Waals surface area contributed by atoms with Gasteiger partial charge >= 0.3 is 0 Å². The van der Waals surface area contributed by atoms with Gasteiger partial charge in [0.15, 0.2) is 5.78 Å². The lowest BCUT2D eigenvalue weighted by atomic mass is 10.1. The molecule has 0 unspecified atom stereocenters. The summed E-state index contributed by atoms with van der Waals surface area (Å²) in [7, 11) is 0. The molecule has 1 aromatic heterocycles. The van der Waals surface area contributed by atoms with Gasteiger partial charge in [0.05, 0.1) is 0 Å². The lowest BCUT2D eigenvalue weighted by molar-refractivity contribution is -0.121. The molecule has 0 radical (unpaired) electrons. The first-order chi connectivity index (χ1) is 12.1. The van der Waals surface area contributed by atoms with E-state index in [4.69, 9.17) is 0 Å². The molecule has 4 nitrogen and oxygen atoms in total. The average Bonchev–Trinajstić information content (AvgIpc) is 2.88. The Morgan fingerprint density at radius 3 is 2.40 bits per heavy atom. The molecule has 0 saturated carbocycles. The minimum atomic E-state index is -0.0464. The van der Waals surface area contributed by atoms with Gasteiger partial charge in [-0.05, 0) is 31.9 Å². The highest BCUT2D eigenvalue weighted by Gasteiger charge is 2.18. The van der Waals surface area contributed by atoms with E-state index in [2.05, 4.69) is 17.4 Å². The first-order valence-electron chi connectivity index (χ1n) is 8.47. The van der Waals surface area contributed by atoms with Crippen LogP contribution in [0, 0.1) is 6.92 Å². The lowest BCUT2D eigenvalue weighted by Gasteiger charge is -2.10. The number of carbonyl (C=O) groups is 2. The highest BCUT2D eigenvalue weighted by Crippen LogP contribution is 2.26. The van der Waals surface area contributed by atoms with Crippen LogP contribution in [0.3, 0.4) is 0 Å². The standard InChI is InChI=1S/C21H22N2O2/c1-15-21(16(2)24)18-10-6-7-11-19(18)23(15)14-20(25)22-13-12-17-8-4-3-5-9-17/h3-11H,12-14H2,1-2H3,(H,22,25). The van der Waals surface area contributed by atoms with Gasteiger partial charge in [-0.3, -0.25) is 9.59 Å². The summed E-state index contributed by atoms with van der Waals surface area (Å²) in [4.78, 5) is 24.4. The molecule has 0 fully saturated rings. The largest absolute Gasteiger partial charge is 0.354 e. The molecule has 0 saturated heterocycles. The highest BCUT2D eigenvalue weighted by atomic mass is 16.2. The quantitative estimate of drug-likeness (QED) is 0.701. The summed E-state index contributed by atoms with van der Waals surface area (Å²) >= 11 is 0. The molecule has 128 valence electrons. The Kier molecular flexibility index (Phi) is 4.98. The van der Waals surface area contributed by atoms with Gasteiger partial charge in [0, 0.05) is 28.7 Å². The van der Waals surface area contributed by atoms with E-state index in [0.717, 1.165) is 23.0 Å². The fraction of sp³-hybridized carbons (Fsp3) is 0.238. The molecule has 3 aromatic rings. The minimum absolute atomic E-state index is 0.0249. The van der Waals surface area contributed by atoms with Crippen LogP contribution in [0.2, 0.25) is 0 Å². The van der Waals surface area contributed by atoms with E-state index >= 15 is 0 Å². The SMILES string of the molecule is CC(=O)c1c(C)n(CC(=O)NCCc2ccccc2)c2ccccc12. The maximum Gasteiger partial charge on any atom is 0.239 e. The fourth-order valence-electron chi connectivity index (χ4n) is 3.27. The third kappa shape index (κ3) is 3.63. The number of benzene rings is 2. The number of ketones is 1. The number of aromatic nitrogens is 1. The monoisotopic (exact) mass is 334 g/mol. The van der Waals surface area contributed by atoms with Crippen molar-refractivity contribution >= 4 is 22.6 Å². The summed E-state index contributed by atoms with van der Waals surface area (Å²) in [5.41, 5.74) is 3.66. The van der Waals surface area contributed by atoms with Crippen molar-refractivity contribution in [3.05, 3.63) is 71.4 Å². The van der Waals surface area contributed by atoms with Crippen LogP contribution in [0.1, 0.15) is 28.5 Å². The Bertz CT molecular complexity index is 910. The second-order valence-electron chi connectivity index (χ2n) is 6.21. The number of amides is 1. The smallest absolute Gasteiger partial charge is 0.239 e. The average molecular weight is 334 g/mol. The van der Waals surface area contributed by atoms with Gasteiger partial charge in [0.25, 0.3) is 0 Å². The first-order valence-corrected chi connectivity index (χ1v) is 8.47. The minimum Gasteiger partial charge on any atom is -0.354 e. The second-order valence-corrected chi connectivity index (χ2v) is 6.21. The lowest BCUT2D eigenvalue weighted by Crippen LogP contribution is -2.29. The molecule has 0 aliphatic carbocycles. The second kappa shape index (κ2) is 7.34. The number of fused-ring (bicyclic) bond motifs is 1. The van der Waals surface area contributed by atoms with Gasteiger partial charge in [-0.1, -0.05) is 48.5 Å². The fourth-order valence-corrected chi connectivity index (χ4v) is 3.27. The van der Waals surface area contributed by atoms with Crippen molar-refractivity contribution in [3.63, 3.8) is 0 Å². The van der Waals surface area contributed by atoms with Crippen LogP contribution in [0.4, 0.5) is 0 Å². The van der Waals surface area contributed by atoms with Gasteiger partial charge in [-0.15, -0.1) is 0 Å². The van der Waals surface area contributed by atoms with E-state index in [-0.39, 0.29) is 18.2 Å². The zero-order chi connectivity index (χ0) is 17.8. The van der Waals surface area contributed by atoms with Gasteiger partial charge in [-0.2, -0.15) is 0 Å². The van der Waals surface area contributed by atoms with Crippen LogP contribution < -0.4 is 5.32 Å². The number of nitrogens with zero attached hydrogens (tertiary/aromatic N) is 1. The number of carbonyl (C=O) groups excluding carboxylic acids is 2. The topological polar surface area (TPSA) is 51.1 Å². The van der Waals surface area contributed by atoms with Gasteiger partial charge in [0.1, 0.15) is 6.54 Å². The van der Waals surface area contributed by atoms with Crippen molar-refractivity contribution in [1.29, 1.82) is 0 Å². The van der Waals surface area contributed by atoms with E-state index in [9.17, 15) is 9.59 Å². The zero-order valence-electron chi connectivity index (χ0n) is 14.6. The maximum absolute atomic E-state index is 12.4. The van der Waals surface area contributed by atoms with Crippen LogP contribution in [-0.4, -0.2) is 22.8 Å². The van der Waals surface area contributed by atoms with E-state index in [1.165, 1.54) is 5.56 Å². The Hall–Kier alpha value is -2.88. The molecule has 4 heteroatoms. The van der Waals surface area contributed by atoms with E-state index < -0.39 is 0 Å². The molecule has 0 aliphatic rings. The van der Waals surface area contributed by atoms with Crippen molar-refractivity contribution < 1.29 is 9.59 Å². The number of nitrogens with one attached hydrogen (secondary N) is 1. The Morgan fingerprint density at radius 1 is 1.00 bits per heavy atom. The first kappa shape index (κ1) is 17.0. The summed E-state index contributed by atoms with van der Waals surface area (Å²) in [6, 6.07) is 17.8. The molecule has 1 amide bonds. The molecular formula is C21H22N2O2. The third-order valence-corrected chi connectivity index (χ3v) is 4.46. The van der Waals surface area contributed by atoms with Crippen LogP contribution >= 0.6 is 0 Å². The summed E-state index contributed by atoms with van der Waals surface area (Å²) < 4.78 is 1.92. The Balaban J connectivity index is 1.73. The van der Waals surface area contributed by atoms with Crippen molar-refractivity contribution in [2.75, 3.05) is 6.54 Å². The predicted molar refractivity (Wildman–Crippen MR) is 99.8 cm³/mol. The molecule has 25 heavy (non-hydrogen) atoms. The number of rotatable bonds is 6. The number of hydrogen-bond acceptors (Lipinski definition) is 2. The summed E-state index contributed by atoms with van der Waals surface area (Å²) in [6.45, 7) is 4.28. The highest BCUT2D eigenvalue weighted by molar-refractivity contribution is 6.08. The van der Waals surface area contributed by atoms with E-state index in [1.54, 1.807) is 6.92 Å². The molecular weight excluding hydrogens is 312 g/mol. The molecule has 0 bridgehead atoms. The van der Waals surface area contributed by atoms with Crippen molar-refractivity contribution in [3.8, 4) is 0 Å². The summed E-state index contributed by atoms with van der Waals surface area (Å²) in [5.74, 6) is -0.0215. The van der Waals surface area contributed by atoms with Crippen molar-refractivity contribution in [2.24, 2.45) is 0 Å². The number of hydrogen-bond donors (Lipinski definition) is 1. The molecule has 1 N–H and O–H groups in total. The molecule has 1 heterocycles. The molecule has 0 aliphatic heterocycles.